The van der Waals surface area contributed by atoms with Gasteiger partial charge in [-0.1, -0.05) is 18.2 Å². The average Bonchev–Trinajstić information content (AvgIpc) is 2.60. The van der Waals surface area contributed by atoms with Crippen LogP contribution in [-0.2, 0) is 4.79 Å². The smallest absolute Gasteiger partial charge is 0.311 e. The number of rotatable bonds is 2. The molecule has 0 fully saturated rings. The zero-order valence-electron chi connectivity index (χ0n) is 7.53. The Balaban J connectivity index is 2.58. The van der Waals surface area contributed by atoms with E-state index < -0.39 is 11.9 Å². The first-order valence-electron chi connectivity index (χ1n) is 4.32. The molecule has 0 aliphatic carbocycles. The number of benzene rings is 1. The molecule has 0 bridgehead atoms. The molecule has 0 aliphatic rings. The SMILES string of the molecule is [CH2]C(C(=O)O)c1c[nH]c2ccccc12. The fourth-order valence-electron chi connectivity index (χ4n) is 1.52. The van der Waals surface area contributed by atoms with Crippen LogP contribution in [0.2, 0.25) is 0 Å². The lowest BCUT2D eigenvalue weighted by Gasteiger charge is -2.03. The van der Waals surface area contributed by atoms with Crippen molar-refractivity contribution in [2.75, 3.05) is 0 Å². The summed E-state index contributed by atoms with van der Waals surface area (Å²) in [4.78, 5) is 13.8. The predicted octanol–water partition coefficient (Wildman–Crippen LogP) is 2.17. The quantitative estimate of drug-likeness (QED) is 0.758. The van der Waals surface area contributed by atoms with Gasteiger partial charge in [-0.2, -0.15) is 0 Å². The van der Waals surface area contributed by atoms with Crippen LogP contribution < -0.4 is 0 Å². The fourth-order valence-corrected chi connectivity index (χ4v) is 1.52. The van der Waals surface area contributed by atoms with Gasteiger partial charge in [-0.05, 0) is 18.6 Å². The van der Waals surface area contributed by atoms with Crippen LogP contribution in [0.15, 0.2) is 30.5 Å². The van der Waals surface area contributed by atoms with Crippen LogP contribution in [0.3, 0.4) is 0 Å². The Labute approximate surface area is 81.4 Å². The first-order chi connectivity index (χ1) is 6.70. The lowest BCUT2D eigenvalue weighted by atomic mass is 10.0. The monoisotopic (exact) mass is 188 g/mol. The summed E-state index contributed by atoms with van der Waals surface area (Å²) in [6, 6.07) is 7.59. The molecule has 1 radical (unpaired) electrons. The van der Waals surface area contributed by atoms with Crippen molar-refractivity contribution < 1.29 is 9.90 Å². The number of H-pyrrole nitrogens is 1. The van der Waals surface area contributed by atoms with Crippen LogP contribution in [0.4, 0.5) is 0 Å². The van der Waals surface area contributed by atoms with Gasteiger partial charge in [-0.3, -0.25) is 4.79 Å². The highest BCUT2D eigenvalue weighted by Gasteiger charge is 2.17. The number of fused-ring (bicyclic) bond motifs is 1. The minimum atomic E-state index is -0.908. The van der Waals surface area contributed by atoms with E-state index in [1.54, 1.807) is 6.20 Å². The van der Waals surface area contributed by atoms with Crippen molar-refractivity contribution in [1.29, 1.82) is 0 Å². The van der Waals surface area contributed by atoms with E-state index in [-0.39, 0.29) is 0 Å². The topological polar surface area (TPSA) is 53.1 Å². The Kier molecular flexibility index (Phi) is 2.00. The molecule has 2 N–H and O–H groups in total. The Morgan fingerprint density at radius 1 is 1.43 bits per heavy atom. The van der Waals surface area contributed by atoms with Crippen molar-refractivity contribution in [1.82, 2.24) is 4.98 Å². The van der Waals surface area contributed by atoms with E-state index in [9.17, 15) is 4.79 Å². The molecule has 1 aromatic heterocycles. The third kappa shape index (κ3) is 1.27. The van der Waals surface area contributed by atoms with Gasteiger partial charge < -0.3 is 10.1 Å². The van der Waals surface area contributed by atoms with Gasteiger partial charge in [0.1, 0.15) is 0 Å². The van der Waals surface area contributed by atoms with Crippen LogP contribution in [-0.4, -0.2) is 16.1 Å². The minimum absolute atomic E-state index is 0.717. The third-order valence-electron chi connectivity index (χ3n) is 2.29. The summed E-state index contributed by atoms with van der Waals surface area (Å²) in [6.45, 7) is 3.61. The van der Waals surface area contributed by atoms with Crippen LogP contribution in [0.5, 0.6) is 0 Å². The van der Waals surface area contributed by atoms with E-state index in [2.05, 4.69) is 11.9 Å². The molecule has 2 aromatic rings. The molecule has 14 heavy (non-hydrogen) atoms. The van der Waals surface area contributed by atoms with Crippen LogP contribution >= 0.6 is 0 Å². The van der Waals surface area contributed by atoms with E-state index in [0.29, 0.717) is 0 Å². The third-order valence-corrected chi connectivity index (χ3v) is 2.29. The molecule has 3 heteroatoms. The number of hydrogen-bond acceptors (Lipinski definition) is 1. The maximum absolute atomic E-state index is 10.8. The molecule has 0 saturated carbocycles. The number of hydrogen-bond donors (Lipinski definition) is 2. The van der Waals surface area contributed by atoms with Crippen molar-refractivity contribution in [2.24, 2.45) is 0 Å². The number of para-hydroxylation sites is 1. The van der Waals surface area contributed by atoms with Crippen molar-refractivity contribution in [3.8, 4) is 0 Å². The molecule has 2 rings (SSSR count). The van der Waals surface area contributed by atoms with Crippen molar-refractivity contribution in [3.63, 3.8) is 0 Å². The summed E-state index contributed by atoms with van der Waals surface area (Å²) in [6.07, 6.45) is 1.70. The lowest BCUT2D eigenvalue weighted by molar-refractivity contribution is -0.137. The van der Waals surface area contributed by atoms with E-state index in [1.165, 1.54) is 0 Å². The van der Waals surface area contributed by atoms with Gasteiger partial charge in [0.25, 0.3) is 0 Å². The first-order valence-corrected chi connectivity index (χ1v) is 4.32. The standard InChI is InChI=1S/C11H10NO2/c1-7(11(13)14)9-6-12-10-5-3-2-4-8(9)10/h2-7,12H,1H2,(H,13,14). The summed E-state index contributed by atoms with van der Waals surface area (Å²) < 4.78 is 0. The number of carboxylic acids is 1. The summed E-state index contributed by atoms with van der Waals surface area (Å²) in [7, 11) is 0. The second-order valence-corrected chi connectivity index (χ2v) is 3.18. The van der Waals surface area contributed by atoms with E-state index in [1.807, 2.05) is 24.3 Å². The molecule has 1 atom stereocenters. The number of aromatic nitrogens is 1. The average molecular weight is 188 g/mol. The molecule has 0 saturated heterocycles. The summed E-state index contributed by atoms with van der Waals surface area (Å²) in [5, 5.41) is 9.76. The predicted molar refractivity (Wildman–Crippen MR) is 54.0 cm³/mol. The van der Waals surface area contributed by atoms with Crippen molar-refractivity contribution in [2.45, 2.75) is 5.92 Å². The van der Waals surface area contributed by atoms with E-state index >= 15 is 0 Å². The maximum atomic E-state index is 10.8. The second kappa shape index (κ2) is 3.18. The highest BCUT2D eigenvalue weighted by atomic mass is 16.4. The van der Waals surface area contributed by atoms with Gasteiger partial charge >= 0.3 is 5.97 Å². The fraction of sp³-hybridized carbons (Fsp3) is 0.0909. The van der Waals surface area contributed by atoms with Crippen molar-refractivity contribution in [3.05, 3.63) is 42.9 Å². The minimum Gasteiger partial charge on any atom is -0.481 e. The number of aromatic amines is 1. The van der Waals surface area contributed by atoms with Gasteiger partial charge in [0.15, 0.2) is 0 Å². The summed E-state index contributed by atoms with van der Waals surface area (Å²) in [5.41, 5.74) is 1.67. The molecule has 71 valence electrons. The Morgan fingerprint density at radius 2 is 2.14 bits per heavy atom. The molecular weight excluding hydrogens is 178 g/mol. The summed E-state index contributed by atoms with van der Waals surface area (Å²) >= 11 is 0. The number of carboxylic acid groups (broad SMARTS) is 1. The normalized spacial score (nSPS) is 12.9. The maximum Gasteiger partial charge on any atom is 0.311 e. The molecule has 3 nitrogen and oxygen atoms in total. The first kappa shape index (κ1) is 8.81. The number of carbonyl (C=O) groups is 1. The number of aliphatic carboxylic acids is 1. The zero-order chi connectivity index (χ0) is 10.1. The van der Waals surface area contributed by atoms with Gasteiger partial charge in [0.2, 0.25) is 0 Å². The molecule has 0 aliphatic heterocycles. The summed E-state index contributed by atoms with van der Waals surface area (Å²) in [5.74, 6) is -1.62. The van der Waals surface area contributed by atoms with Crippen LogP contribution in [0, 0.1) is 6.92 Å². The van der Waals surface area contributed by atoms with E-state index in [0.717, 1.165) is 16.5 Å². The van der Waals surface area contributed by atoms with E-state index in [4.69, 9.17) is 5.11 Å². The highest BCUT2D eigenvalue weighted by molar-refractivity contribution is 5.89. The molecule has 1 unspecified atom stereocenters. The van der Waals surface area contributed by atoms with Gasteiger partial charge in [0, 0.05) is 17.1 Å². The molecule has 1 heterocycles. The zero-order valence-corrected chi connectivity index (χ0v) is 7.53. The molecule has 0 spiro atoms. The Bertz CT molecular complexity index is 473. The molecule has 1 aromatic carbocycles. The number of nitrogens with one attached hydrogen (secondary N) is 1. The van der Waals surface area contributed by atoms with Gasteiger partial charge in [-0.25, -0.2) is 0 Å². The second-order valence-electron chi connectivity index (χ2n) is 3.18. The van der Waals surface area contributed by atoms with Crippen molar-refractivity contribution >= 4 is 16.9 Å². The Hall–Kier alpha value is -1.77. The van der Waals surface area contributed by atoms with Gasteiger partial charge in [-0.15, -0.1) is 0 Å². The van der Waals surface area contributed by atoms with Crippen LogP contribution in [0.25, 0.3) is 10.9 Å². The highest BCUT2D eigenvalue weighted by Crippen LogP contribution is 2.24. The van der Waals surface area contributed by atoms with Crippen LogP contribution in [0.1, 0.15) is 11.5 Å². The lowest BCUT2D eigenvalue weighted by Crippen LogP contribution is -2.06. The molecular formula is C11H10NO2. The van der Waals surface area contributed by atoms with Gasteiger partial charge in [0.05, 0.1) is 5.92 Å². The Morgan fingerprint density at radius 3 is 2.86 bits per heavy atom. The molecule has 0 amide bonds. The largest absolute Gasteiger partial charge is 0.481 e.